The van der Waals surface area contributed by atoms with Gasteiger partial charge < -0.3 is 15.8 Å². The number of hydrogen-bond donors (Lipinski definition) is 2. The molecule has 2 aromatic rings. The first-order valence-electron chi connectivity index (χ1n) is 5.82. The molecule has 3 N–H and O–H groups in total. The maximum Gasteiger partial charge on any atom is 0.239 e. The molecule has 7 heteroatoms. The number of rotatable bonds is 4. The molecule has 0 spiro atoms. The molecule has 20 heavy (non-hydrogen) atoms. The van der Waals surface area contributed by atoms with Crippen molar-refractivity contribution < 1.29 is 4.74 Å². The minimum Gasteiger partial charge on any atom is -0.476 e. The van der Waals surface area contributed by atoms with Crippen LogP contribution in [0, 0.1) is 0 Å². The lowest BCUT2D eigenvalue weighted by Gasteiger charge is -2.11. The fourth-order valence-corrected chi connectivity index (χ4v) is 2.12. The highest BCUT2D eigenvalue weighted by atomic mass is 35.5. The van der Waals surface area contributed by atoms with Crippen LogP contribution in [0.25, 0.3) is 0 Å². The Labute approximate surface area is 131 Å². The molecule has 0 bridgehead atoms. The van der Waals surface area contributed by atoms with E-state index >= 15 is 0 Å². The Morgan fingerprint density at radius 3 is 2.55 bits per heavy atom. The summed E-state index contributed by atoms with van der Waals surface area (Å²) in [6, 6.07) is 6.61. The number of nitrogens with one attached hydrogen (secondary N) is 1. The molecule has 0 amide bonds. The third-order valence-electron chi connectivity index (χ3n) is 2.44. The van der Waals surface area contributed by atoms with Crippen LogP contribution in [0.2, 0.25) is 15.1 Å². The molecular formula is C13H12Cl3N3O. The van der Waals surface area contributed by atoms with Gasteiger partial charge in [0.25, 0.3) is 0 Å². The number of anilines is 3. The summed E-state index contributed by atoms with van der Waals surface area (Å²) in [6.45, 7) is 2.34. The van der Waals surface area contributed by atoms with Crippen molar-refractivity contribution in [3.05, 3.63) is 39.3 Å². The lowest BCUT2D eigenvalue weighted by molar-refractivity contribution is 0.329. The zero-order valence-corrected chi connectivity index (χ0v) is 12.9. The molecule has 4 nitrogen and oxygen atoms in total. The summed E-state index contributed by atoms with van der Waals surface area (Å²) in [4.78, 5) is 4.26. The molecule has 2 rings (SSSR count). The average Bonchev–Trinajstić information content (AvgIpc) is 2.40. The Hall–Kier alpha value is -1.36. The van der Waals surface area contributed by atoms with Crippen LogP contribution in [0.5, 0.6) is 5.88 Å². The molecule has 1 heterocycles. The first-order chi connectivity index (χ1) is 9.51. The third-order valence-corrected chi connectivity index (χ3v) is 3.48. The van der Waals surface area contributed by atoms with Crippen molar-refractivity contribution in [3.8, 4) is 5.88 Å². The number of aromatic nitrogens is 1. The van der Waals surface area contributed by atoms with Crippen molar-refractivity contribution in [2.75, 3.05) is 17.7 Å². The van der Waals surface area contributed by atoms with Crippen LogP contribution >= 0.6 is 34.8 Å². The Bertz CT molecular complexity index is 634. The van der Waals surface area contributed by atoms with E-state index in [9.17, 15) is 0 Å². The second kappa shape index (κ2) is 6.39. The van der Waals surface area contributed by atoms with Gasteiger partial charge in [-0.25, -0.2) is 0 Å². The van der Waals surface area contributed by atoms with Gasteiger partial charge in [0, 0.05) is 0 Å². The molecule has 0 atom stereocenters. The fraction of sp³-hybridized carbons (Fsp3) is 0.154. The number of nitrogen functional groups attached to an aromatic ring is 1. The second-order valence-electron chi connectivity index (χ2n) is 3.90. The summed E-state index contributed by atoms with van der Waals surface area (Å²) in [5.41, 5.74) is 6.83. The van der Waals surface area contributed by atoms with Crippen LogP contribution < -0.4 is 15.8 Å². The van der Waals surface area contributed by atoms with Gasteiger partial charge in [-0.05, 0) is 31.2 Å². The van der Waals surface area contributed by atoms with E-state index in [0.717, 1.165) is 0 Å². The third kappa shape index (κ3) is 3.39. The smallest absolute Gasteiger partial charge is 0.239 e. The molecule has 0 saturated heterocycles. The highest BCUT2D eigenvalue weighted by Gasteiger charge is 2.09. The molecule has 0 aliphatic heterocycles. The molecule has 0 unspecified atom stereocenters. The highest BCUT2D eigenvalue weighted by Crippen LogP contribution is 2.34. The van der Waals surface area contributed by atoms with E-state index in [-0.39, 0.29) is 0 Å². The van der Waals surface area contributed by atoms with E-state index < -0.39 is 0 Å². The van der Waals surface area contributed by atoms with E-state index in [0.29, 0.717) is 44.7 Å². The van der Waals surface area contributed by atoms with Crippen LogP contribution in [0.3, 0.4) is 0 Å². The fourth-order valence-electron chi connectivity index (χ4n) is 1.53. The standard InChI is InChI=1S/C13H12Cl3N3O/c1-2-20-13-10(17)3-4-12(19-13)18-11-6-8(15)7(14)5-9(11)16/h3-6H,2,17H2,1H3,(H,18,19). The van der Waals surface area contributed by atoms with E-state index in [1.807, 2.05) is 6.92 Å². The average molecular weight is 333 g/mol. The summed E-state index contributed by atoms with van der Waals surface area (Å²) in [7, 11) is 0. The predicted molar refractivity (Wildman–Crippen MR) is 84.6 cm³/mol. The first-order valence-corrected chi connectivity index (χ1v) is 6.95. The van der Waals surface area contributed by atoms with Crippen molar-refractivity contribution in [1.82, 2.24) is 4.98 Å². The Morgan fingerprint density at radius 1 is 1.15 bits per heavy atom. The number of halogens is 3. The topological polar surface area (TPSA) is 60.2 Å². The van der Waals surface area contributed by atoms with Crippen molar-refractivity contribution in [3.63, 3.8) is 0 Å². The highest BCUT2D eigenvalue weighted by molar-refractivity contribution is 6.44. The predicted octanol–water partition coefficient (Wildman–Crippen LogP) is 4.77. The van der Waals surface area contributed by atoms with E-state index in [2.05, 4.69) is 10.3 Å². The first kappa shape index (κ1) is 15.0. The Balaban J connectivity index is 2.30. The SMILES string of the molecule is CCOc1nc(Nc2cc(Cl)c(Cl)cc2Cl)ccc1N. The van der Waals surface area contributed by atoms with Crippen LogP contribution in [-0.2, 0) is 0 Å². The number of pyridine rings is 1. The summed E-state index contributed by atoms with van der Waals surface area (Å²) >= 11 is 17.9. The van der Waals surface area contributed by atoms with Crippen LogP contribution in [0.1, 0.15) is 6.92 Å². The summed E-state index contributed by atoms with van der Waals surface area (Å²) in [5, 5.41) is 4.28. The molecule has 0 aliphatic rings. The lowest BCUT2D eigenvalue weighted by atomic mass is 10.3. The van der Waals surface area contributed by atoms with Crippen LogP contribution in [-0.4, -0.2) is 11.6 Å². The van der Waals surface area contributed by atoms with Crippen molar-refractivity contribution in [1.29, 1.82) is 0 Å². The number of ether oxygens (including phenoxy) is 1. The van der Waals surface area contributed by atoms with Crippen molar-refractivity contribution in [2.24, 2.45) is 0 Å². The van der Waals surface area contributed by atoms with E-state index in [1.165, 1.54) is 0 Å². The Morgan fingerprint density at radius 2 is 1.85 bits per heavy atom. The number of benzene rings is 1. The molecule has 0 saturated carbocycles. The van der Waals surface area contributed by atoms with E-state index in [4.69, 9.17) is 45.3 Å². The lowest BCUT2D eigenvalue weighted by Crippen LogP contribution is -2.02. The zero-order chi connectivity index (χ0) is 14.7. The normalized spacial score (nSPS) is 10.4. The van der Waals surface area contributed by atoms with Gasteiger partial charge in [0.05, 0.1) is 33.0 Å². The molecule has 0 fully saturated rings. The molecule has 0 aliphatic carbocycles. The van der Waals surface area contributed by atoms with Gasteiger partial charge in [0.2, 0.25) is 5.88 Å². The summed E-state index contributed by atoms with van der Waals surface area (Å²) < 4.78 is 5.33. The minimum absolute atomic E-state index is 0.369. The number of nitrogens with two attached hydrogens (primary N) is 1. The van der Waals surface area contributed by atoms with Crippen molar-refractivity contribution >= 4 is 52.0 Å². The molecular weight excluding hydrogens is 321 g/mol. The number of nitrogens with zero attached hydrogens (tertiary/aromatic N) is 1. The largest absolute Gasteiger partial charge is 0.476 e. The molecule has 1 aromatic heterocycles. The summed E-state index contributed by atoms with van der Waals surface area (Å²) in [5.74, 6) is 0.914. The van der Waals surface area contributed by atoms with Gasteiger partial charge in [0.1, 0.15) is 5.82 Å². The quantitative estimate of drug-likeness (QED) is 0.792. The van der Waals surface area contributed by atoms with Gasteiger partial charge >= 0.3 is 0 Å². The monoisotopic (exact) mass is 331 g/mol. The molecule has 0 radical (unpaired) electrons. The molecule has 1 aromatic carbocycles. The van der Waals surface area contributed by atoms with Gasteiger partial charge in [-0.2, -0.15) is 4.98 Å². The second-order valence-corrected chi connectivity index (χ2v) is 5.12. The maximum absolute atomic E-state index is 6.09. The molecule has 106 valence electrons. The summed E-state index contributed by atoms with van der Waals surface area (Å²) in [6.07, 6.45) is 0. The van der Waals surface area contributed by atoms with Crippen LogP contribution in [0.4, 0.5) is 17.2 Å². The van der Waals surface area contributed by atoms with Crippen LogP contribution in [0.15, 0.2) is 24.3 Å². The Kier molecular flexibility index (Phi) is 4.81. The number of hydrogen-bond acceptors (Lipinski definition) is 4. The van der Waals surface area contributed by atoms with E-state index in [1.54, 1.807) is 24.3 Å². The van der Waals surface area contributed by atoms with Gasteiger partial charge in [0.15, 0.2) is 0 Å². The van der Waals surface area contributed by atoms with Gasteiger partial charge in [-0.1, -0.05) is 34.8 Å². The minimum atomic E-state index is 0.369. The van der Waals surface area contributed by atoms with Gasteiger partial charge in [-0.15, -0.1) is 0 Å². The zero-order valence-electron chi connectivity index (χ0n) is 10.6. The van der Waals surface area contributed by atoms with Crippen molar-refractivity contribution in [2.45, 2.75) is 6.92 Å². The van der Waals surface area contributed by atoms with Gasteiger partial charge in [-0.3, -0.25) is 0 Å². The maximum atomic E-state index is 6.09.